The van der Waals surface area contributed by atoms with Crippen LogP contribution in [0, 0.1) is 23.7 Å². The van der Waals surface area contributed by atoms with Crippen LogP contribution in [0.15, 0.2) is 0 Å². The molecule has 0 amide bonds. The number of nitrogens with one attached hydrogen (secondary N) is 8. The van der Waals surface area contributed by atoms with Gasteiger partial charge < -0.3 is 161 Å². The Balaban J connectivity index is 0.000000129. The van der Waals surface area contributed by atoms with Crippen molar-refractivity contribution in [1.29, 1.82) is 0 Å². The number of hydrogen-bond acceptors (Lipinski definition) is 39. The Labute approximate surface area is 491 Å². The van der Waals surface area contributed by atoms with Crippen LogP contribution in [0.25, 0.3) is 0 Å². The average Bonchev–Trinajstić information content (AvgIpc) is 1.59. The SMILES string of the molecule is NC1=[NH+]C(O)C2C3OC4([O-])OC([C@@H](O)C2(N1)[C@@H]4O)C3(O)CO.NC1=[NH+]C2O[C@@H]3C4([O-])OC5C2C3(N1)[C@H](O)C(O4)C5(O)CO.NC1=[NH+]C2O[C@H](C(=O)[O-])C3(N1)C2C(O)C(O)(CO)C(O)[C@H]3O.NC1=[NH+]CC2C3OC4([O-])OC([C@@H](O)C2(N1)[C@@H]4O)C3(O)CO.[H+].[OH-].[OH3+]. The third-order valence-corrected chi connectivity index (χ3v) is 20.8. The first-order valence-electron chi connectivity index (χ1n) is 26.9. The second-order valence-corrected chi connectivity index (χ2v) is 24.6. The monoisotopic (exact) mass is 1280 g/mol. The molecule has 0 aromatic carbocycles. The van der Waals surface area contributed by atoms with Gasteiger partial charge in [-0.1, -0.05) is 0 Å². The van der Waals surface area contributed by atoms with E-state index in [0.29, 0.717) is 0 Å². The first-order chi connectivity index (χ1) is 40.1. The number of aliphatic hydroxyl groups excluding tert-OH is 13. The third kappa shape index (κ3) is 7.29. The molecule has 4 saturated carbocycles. The van der Waals surface area contributed by atoms with Crippen molar-refractivity contribution in [2.75, 3.05) is 33.0 Å². The highest BCUT2D eigenvalue weighted by Crippen LogP contribution is 2.62. The lowest BCUT2D eigenvalue weighted by Crippen LogP contribution is -3.04. The fraction of sp³-hybridized carbons (Fsp3) is 0.886. The van der Waals surface area contributed by atoms with Gasteiger partial charge in [0, 0.05) is 0 Å². The highest BCUT2D eigenvalue weighted by Gasteiger charge is 2.87. The van der Waals surface area contributed by atoms with E-state index >= 15 is 0 Å². The molecule has 0 aromatic rings. The van der Waals surface area contributed by atoms with Crippen molar-refractivity contribution in [3.05, 3.63) is 0 Å². The minimum absolute atomic E-state index is 0. The highest BCUT2D eigenvalue weighted by atomic mass is 16.9. The number of hydrogen-bond donors (Lipinski definition) is 29. The second-order valence-electron chi connectivity index (χ2n) is 24.6. The van der Waals surface area contributed by atoms with Crippen LogP contribution in [-0.2, 0) is 48.2 Å². The molecule has 37 N–H and O–H groups in total. The van der Waals surface area contributed by atoms with Gasteiger partial charge in [-0.15, -0.1) is 0 Å². The Morgan fingerprint density at radius 1 is 0.500 bits per heavy atom. The molecule has 0 aromatic heterocycles. The van der Waals surface area contributed by atoms with Crippen LogP contribution >= 0.6 is 0 Å². The number of rotatable bonds is 5. The Bertz CT molecular complexity index is 2970. The van der Waals surface area contributed by atoms with Gasteiger partial charge in [0.2, 0.25) is 0 Å². The van der Waals surface area contributed by atoms with E-state index in [2.05, 4.69) is 41.2 Å². The summed E-state index contributed by atoms with van der Waals surface area (Å²) in [7, 11) is 0. The van der Waals surface area contributed by atoms with Crippen LogP contribution in [-0.4, -0.2) is 334 Å². The summed E-state index contributed by atoms with van der Waals surface area (Å²) in [5.74, 6) is -13.1. The number of aliphatic carboxylic acids is 1. The Morgan fingerprint density at radius 3 is 1.45 bits per heavy atom. The third-order valence-electron chi connectivity index (χ3n) is 20.8. The number of nitrogens with two attached hydrogens (primary N) is 4. The predicted octanol–water partition coefficient (Wildman–Crippen LogP) is -31.8. The van der Waals surface area contributed by atoms with E-state index in [-0.39, 0.29) is 42.8 Å². The molecule has 498 valence electrons. The lowest BCUT2D eigenvalue weighted by molar-refractivity contribution is -0.719. The normalized spacial score (nSPS) is 59.3. The zero-order chi connectivity index (χ0) is 62.5. The number of aliphatic hydroxyl groups is 17. The van der Waals surface area contributed by atoms with Gasteiger partial charge in [0.05, 0.1) is 62.6 Å². The van der Waals surface area contributed by atoms with E-state index in [1.165, 1.54) is 0 Å². The maximum Gasteiger partial charge on any atom is 1.00 e. The molecule has 11 saturated heterocycles. The van der Waals surface area contributed by atoms with Crippen molar-refractivity contribution < 1.29 is 182 Å². The molecule has 34 atom stereocenters. The van der Waals surface area contributed by atoms with E-state index in [0.717, 1.165) is 0 Å². The summed E-state index contributed by atoms with van der Waals surface area (Å²) < 4.78 is 41.8. The molecular formula is C44H71N12O32+. The van der Waals surface area contributed by atoms with Crippen molar-refractivity contribution >= 4 is 29.8 Å². The number of carbonyl (C=O) groups excluding carboxylic acids is 1. The molecule has 0 radical (unpaired) electrons. The van der Waals surface area contributed by atoms with Crippen molar-refractivity contribution in [2.24, 2.45) is 46.6 Å². The summed E-state index contributed by atoms with van der Waals surface area (Å²) in [6.45, 7) is -3.23. The van der Waals surface area contributed by atoms with Gasteiger partial charge in [0.25, 0.3) is 0 Å². The zero-order valence-corrected chi connectivity index (χ0v) is 45.1. The van der Waals surface area contributed by atoms with Gasteiger partial charge in [0.1, 0.15) is 138 Å². The lowest BCUT2D eigenvalue weighted by atomic mass is 9.55. The van der Waals surface area contributed by atoms with Crippen LogP contribution in [0.5, 0.6) is 0 Å². The van der Waals surface area contributed by atoms with Crippen molar-refractivity contribution in [2.45, 2.75) is 179 Å². The lowest BCUT2D eigenvalue weighted by Gasteiger charge is -2.73. The van der Waals surface area contributed by atoms with E-state index in [1.54, 1.807) is 0 Å². The van der Waals surface area contributed by atoms with Crippen molar-refractivity contribution in [1.82, 2.24) is 21.3 Å². The Kier molecular flexibility index (Phi) is 14.5. The van der Waals surface area contributed by atoms with E-state index in [1.807, 2.05) is 0 Å². The van der Waals surface area contributed by atoms with Crippen molar-refractivity contribution in [3.63, 3.8) is 0 Å². The number of ether oxygens (including phenoxy) is 8. The molecule has 3 spiro atoms. The molecule has 44 heteroatoms. The predicted molar refractivity (Wildman–Crippen MR) is 253 cm³/mol. The summed E-state index contributed by atoms with van der Waals surface area (Å²) in [4.78, 5) is 22.0. The van der Waals surface area contributed by atoms with Gasteiger partial charge in [-0.2, -0.15) is 0 Å². The van der Waals surface area contributed by atoms with Gasteiger partial charge in [-0.3, -0.25) is 64.2 Å². The summed E-state index contributed by atoms with van der Waals surface area (Å²) in [5.41, 5.74) is 7.87. The minimum atomic E-state index is -2.75. The summed E-state index contributed by atoms with van der Waals surface area (Å²) >= 11 is 0. The van der Waals surface area contributed by atoms with Crippen LogP contribution in [0.3, 0.4) is 0 Å². The minimum Gasteiger partial charge on any atom is -0.870 e. The molecule has 88 heavy (non-hydrogen) atoms. The number of guanidine groups is 4. The van der Waals surface area contributed by atoms with E-state index in [4.69, 9.17) is 60.8 Å². The molecule has 15 heterocycles. The summed E-state index contributed by atoms with van der Waals surface area (Å²) in [6.07, 6.45) is -27.7. The van der Waals surface area contributed by atoms with Crippen LogP contribution in [0.4, 0.5) is 0 Å². The van der Waals surface area contributed by atoms with Crippen LogP contribution < -0.4 is 84.6 Å². The van der Waals surface area contributed by atoms with Crippen LogP contribution in [0.2, 0.25) is 0 Å². The fourth-order valence-electron chi connectivity index (χ4n) is 17.0. The Morgan fingerprint density at radius 2 is 0.909 bits per heavy atom. The van der Waals surface area contributed by atoms with Crippen molar-refractivity contribution in [3.8, 4) is 0 Å². The standard InChI is InChI=1S/C11H16N3O8.C11H17N3O8.C11H14N3O7.C11H16N3O7.2H2O/c12-8-13-6(17)2-4-9(19,1-15)5-3(16)10(2,14-8)7(18)11(20,21-4)22-5;12-9-13-7-2-3(16)10(21,1-15)4(17)5(18)11(2,14-9)6(22-7)8(19)20;12-8-13-6-2-4-9(17,1-15)5-3(16)10(2,14-8)7(19-6)11(18,20-4)21-5;12-8-13-1-3-5-9(18,2-15)6-4(16)10(3,14-8)7(17)11(19,20-5)21-6;;/h2-7,15-19H,1H2,(H3,12,13,14);2-7,15-18,21H,1H2,(H,19,20)(H3,12,13,14);2-7,15-17H,1H2,(H3,12,13,14);3-7,15-18H,1-2H2,(H3,12,13,14);2*1H2/q-1;;2*-1;;/p+4/t2?,3-,4?,5?,6?,7+,9?,10?,11?;2?,3?,4?,5-,6-,7?,10?,11?;2?,3-,4?,5?,6?,7+,9?,10?,11?;3?,4-,5?,6?,7+,9?,10?,11?;;/m1111../s1. The molecule has 44 nitrogen and oxygen atoms in total. The topological polar surface area (TPSA) is 798 Å². The maximum absolute atomic E-state index is 12.8. The van der Waals surface area contributed by atoms with Gasteiger partial charge in [0.15, 0.2) is 40.8 Å². The zero-order valence-electron chi connectivity index (χ0n) is 46.1. The number of carbonyl (C=O) groups is 1. The van der Waals surface area contributed by atoms with Gasteiger partial charge in [-0.05, 0) is 0 Å². The molecule has 15 fully saturated rings. The Hall–Kier alpha value is -4.65. The molecule has 17 bridgehead atoms. The first kappa shape index (κ1) is 64.9. The van der Waals surface area contributed by atoms with Gasteiger partial charge in [-0.25, -0.2) is 0 Å². The summed E-state index contributed by atoms with van der Waals surface area (Å²) in [5, 5.41) is 234. The van der Waals surface area contributed by atoms with Gasteiger partial charge >= 0.3 is 25.3 Å². The molecule has 15 aliphatic heterocycles. The fourth-order valence-corrected chi connectivity index (χ4v) is 17.0. The number of carboxylic acids is 1. The molecule has 4 aliphatic carbocycles. The molecule has 19 aliphatic rings. The second kappa shape index (κ2) is 19.7. The maximum atomic E-state index is 12.8. The quantitative estimate of drug-likeness (QED) is 0.114. The summed E-state index contributed by atoms with van der Waals surface area (Å²) in [6, 6.07) is 0. The smallest absolute Gasteiger partial charge is 0.870 e. The van der Waals surface area contributed by atoms with E-state index < -0.39 is 235 Å². The number of carboxylic acid groups (broad SMARTS) is 1. The van der Waals surface area contributed by atoms with E-state index in [9.17, 15) is 112 Å². The van der Waals surface area contributed by atoms with Crippen LogP contribution in [0.1, 0.15) is 1.43 Å². The first-order valence-corrected chi connectivity index (χ1v) is 26.9. The average molecular weight is 1280 g/mol. The molecule has 26 unspecified atom stereocenters. The largest absolute Gasteiger partial charge is 1.00 e. The molecular weight excluding hydrogens is 1210 g/mol. The highest BCUT2D eigenvalue weighted by molar-refractivity contribution is 5.80. The molecule has 19 rings (SSSR count).